The van der Waals surface area contributed by atoms with Crippen molar-refractivity contribution >= 4 is 28.8 Å². The number of anilines is 1. The van der Waals surface area contributed by atoms with Gasteiger partial charge in [-0.05, 0) is 36.2 Å². The summed E-state index contributed by atoms with van der Waals surface area (Å²) in [5.74, 6) is -0.843. The standard InChI is InChI=1S/C21H21FN4O3S/c22-15-9-18(13-3-2-12-7-20(27)26-16(12)6-13)30-19(15)8-14(10-23)25-21(28)17-11-24-4-1-5-29-17/h2-3,6,9,14,17,24H,1,4-5,7-8,11H2,(H,25,28)(H,26,27). The third kappa shape index (κ3) is 4.51. The Morgan fingerprint density at radius 1 is 1.43 bits per heavy atom. The number of nitriles is 1. The molecular weight excluding hydrogens is 407 g/mol. The van der Waals surface area contributed by atoms with E-state index in [2.05, 4.69) is 16.0 Å². The smallest absolute Gasteiger partial charge is 0.251 e. The highest BCUT2D eigenvalue weighted by atomic mass is 32.1. The molecule has 0 saturated carbocycles. The van der Waals surface area contributed by atoms with Crippen LogP contribution in [0.15, 0.2) is 24.3 Å². The number of benzene rings is 1. The summed E-state index contributed by atoms with van der Waals surface area (Å²) in [5, 5.41) is 18.0. The average Bonchev–Trinajstić information content (AvgIpc) is 3.15. The van der Waals surface area contributed by atoms with Crippen LogP contribution in [0.2, 0.25) is 0 Å². The minimum Gasteiger partial charge on any atom is -0.367 e. The van der Waals surface area contributed by atoms with Crippen LogP contribution < -0.4 is 16.0 Å². The lowest BCUT2D eigenvalue weighted by Crippen LogP contribution is -2.46. The highest BCUT2D eigenvalue weighted by Crippen LogP contribution is 2.35. The summed E-state index contributed by atoms with van der Waals surface area (Å²) in [6.07, 6.45) is 0.582. The van der Waals surface area contributed by atoms with E-state index in [9.17, 15) is 19.2 Å². The van der Waals surface area contributed by atoms with E-state index in [0.717, 1.165) is 29.8 Å². The van der Waals surface area contributed by atoms with Gasteiger partial charge >= 0.3 is 0 Å². The number of hydrogen-bond acceptors (Lipinski definition) is 6. The Bertz CT molecular complexity index is 1010. The van der Waals surface area contributed by atoms with E-state index >= 15 is 0 Å². The lowest BCUT2D eigenvalue weighted by Gasteiger charge is -2.17. The molecule has 9 heteroatoms. The van der Waals surface area contributed by atoms with E-state index in [-0.39, 0.29) is 18.2 Å². The van der Waals surface area contributed by atoms with Crippen molar-refractivity contribution in [3.63, 3.8) is 0 Å². The second kappa shape index (κ2) is 8.92. The van der Waals surface area contributed by atoms with Crippen molar-refractivity contribution in [2.24, 2.45) is 0 Å². The van der Waals surface area contributed by atoms with Gasteiger partial charge in [-0.15, -0.1) is 11.3 Å². The Labute approximate surface area is 177 Å². The molecule has 156 valence electrons. The topological polar surface area (TPSA) is 103 Å². The summed E-state index contributed by atoms with van der Waals surface area (Å²) in [6, 6.07) is 8.15. The molecule has 0 bridgehead atoms. The van der Waals surface area contributed by atoms with Crippen LogP contribution in [0.5, 0.6) is 0 Å². The van der Waals surface area contributed by atoms with E-state index in [1.165, 1.54) is 17.4 Å². The van der Waals surface area contributed by atoms with Crippen LogP contribution in [0.25, 0.3) is 10.4 Å². The molecule has 1 aromatic heterocycles. The molecule has 2 unspecified atom stereocenters. The van der Waals surface area contributed by atoms with Crippen LogP contribution in [-0.4, -0.2) is 43.7 Å². The normalized spacial score (nSPS) is 19.3. The van der Waals surface area contributed by atoms with Crippen LogP contribution >= 0.6 is 11.3 Å². The first kappa shape index (κ1) is 20.5. The summed E-state index contributed by atoms with van der Waals surface area (Å²) in [5.41, 5.74) is 2.46. The van der Waals surface area contributed by atoms with Crippen LogP contribution in [0, 0.1) is 17.1 Å². The molecule has 7 nitrogen and oxygen atoms in total. The zero-order valence-corrected chi connectivity index (χ0v) is 17.0. The lowest BCUT2D eigenvalue weighted by molar-refractivity contribution is -0.132. The van der Waals surface area contributed by atoms with E-state index < -0.39 is 18.0 Å². The van der Waals surface area contributed by atoms with Crippen LogP contribution in [-0.2, 0) is 27.2 Å². The van der Waals surface area contributed by atoms with Gasteiger partial charge in [0.15, 0.2) is 0 Å². The number of nitrogens with zero attached hydrogens (tertiary/aromatic N) is 1. The summed E-state index contributed by atoms with van der Waals surface area (Å²) < 4.78 is 20.1. The largest absolute Gasteiger partial charge is 0.367 e. The molecular formula is C21H21FN4O3S. The Hall–Kier alpha value is -2.80. The van der Waals surface area contributed by atoms with Gasteiger partial charge in [0.1, 0.15) is 18.0 Å². The number of halogens is 1. The average molecular weight is 428 g/mol. The number of thiophene rings is 1. The molecule has 30 heavy (non-hydrogen) atoms. The Morgan fingerprint density at radius 3 is 3.13 bits per heavy atom. The zero-order chi connectivity index (χ0) is 21.1. The fraction of sp³-hybridized carbons (Fsp3) is 0.381. The number of nitrogens with one attached hydrogen (secondary N) is 3. The molecule has 0 spiro atoms. The second-order valence-corrected chi connectivity index (χ2v) is 8.43. The van der Waals surface area contributed by atoms with Crippen molar-refractivity contribution in [3.05, 3.63) is 40.5 Å². The van der Waals surface area contributed by atoms with Crippen molar-refractivity contribution in [3.8, 4) is 16.5 Å². The van der Waals surface area contributed by atoms with Gasteiger partial charge in [0, 0.05) is 35.0 Å². The molecule has 3 heterocycles. The maximum absolute atomic E-state index is 14.6. The summed E-state index contributed by atoms with van der Waals surface area (Å²) >= 11 is 1.23. The number of hydrogen-bond donors (Lipinski definition) is 3. The lowest BCUT2D eigenvalue weighted by atomic mass is 10.1. The van der Waals surface area contributed by atoms with Gasteiger partial charge in [-0.1, -0.05) is 12.1 Å². The Morgan fingerprint density at radius 2 is 2.30 bits per heavy atom. The van der Waals surface area contributed by atoms with Gasteiger partial charge in [0.2, 0.25) is 5.91 Å². The van der Waals surface area contributed by atoms with Crippen molar-refractivity contribution < 1.29 is 18.7 Å². The predicted molar refractivity (Wildman–Crippen MR) is 111 cm³/mol. The zero-order valence-electron chi connectivity index (χ0n) is 16.2. The van der Waals surface area contributed by atoms with Crippen molar-refractivity contribution in [2.75, 3.05) is 25.0 Å². The molecule has 0 aliphatic carbocycles. The number of fused-ring (bicyclic) bond motifs is 1. The van der Waals surface area contributed by atoms with E-state index in [1.807, 2.05) is 24.3 Å². The molecule has 3 N–H and O–H groups in total. The summed E-state index contributed by atoms with van der Waals surface area (Å²) in [7, 11) is 0. The minimum absolute atomic E-state index is 0.0550. The van der Waals surface area contributed by atoms with Crippen LogP contribution in [0.1, 0.15) is 16.9 Å². The molecule has 2 aliphatic heterocycles. The molecule has 1 aromatic carbocycles. The van der Waals surface area contributed by atoms with E-state index in [0.29, 0.717) is 29.3 Å². The number of amides is 2. The fourth-order valence-electron chi connectivity index (χ4n) is 3.52. The Kier molecular flexibility index (Phi) is 6.08. The predicted octanol–water partition coefficient (Wildman–Crippen LogP) is 1.98. The number of ether oxygens (including phenoxy) is 1. The first-order valence-electron chi connectivity index (χ1n) is 9.77. The highest BCUT2D eigenvalue weighted by molar-refractivity contribution is 7.15. The molecule has 4 rings (SSSR count). The van der Waals surface area contributed by atoms with Crippen molar-refractivity contribution in [2.45, 2.75) is 31.4 Å². The second-order valence-electron chi connectivity index (χ2n) is 7.29. The van der Waals surface area contributed by atoms with Gasteiger partial charge in [0.25, 0.3) is 5.91 Å². The first-order chi connectivity index (χ1) is 14.5. The quantitative estimate of drug-likeness (QED) is 0.676. The van der Waals surface area contributed by atoms with E-state index in [4.69, 9.17) is 4.74 Å². The summed E-state index contributed by atoms with van der Waals surface area (Å²) in [4.78, 5) is 25.0. The third-order valence-electron chi connectivity index (χ3n) is 5.08. The molecule has 1 saturated heterocycles. The number of carbonyl (C=O) groups excluding carboxylic acids is 2. The first-order valence-corrected chi connectivity index (χ1v) is 10.6. The Balaban J connectivity index is 1.45. The molecule has 0 radical (unpaired) electrons. The van der Waals surface area contributed by atoms with Gasteiger partial charge in [-0.25, -0.2) is 4.39 Å². The molecule has 1 fully saturated rings. The molecule has 2 aromatic rings. The fourth-order valence-corrected chi connectivity index (χ4v) is 4.60. The summed E-state index contributed by atoms with van der Waals surface area (Å²) in [6.45, 7) is 1.64. The number of carbonyl (C=O) groups is 2. The van der Waals surface area contributed by atoms with Gasteiger partial charge in [-0.2, -0.15) is 5.26 Å². The molecule has 2 amide bonds. The monoisotopic (exact) mass is 428 g/mol. The van der Waals surface area contributed by atoms with Gasteiger partial charge < -0.3 is 20.7 Å². The molecule has 2 atom stereocenters. The maximum Gasteiger partial charge on any atom is 0.251 e. The maximum atomic E-state index is 14.6. The van der Waals surface area contributed by atoms with Crippen LogP contribution in [0.4, 0.5) is 10.1 Å². The van der Waals surface area contributed by atoms with E-state index in [1.54, 1.807) is 0 Å². The highest BCUT2D eigenvalue weighted by Gasteiger charge is 2.25. The molecule has 2 aliphatic rings. The van der Waals surface area contributed by atoms with Crippen molar-refractivity contribution in [1.29, 1.82) is 5.26 Å². The van der Waals surface area contributed by atoms with Crippen molar-refractivity contribution in [1.82, 2.24) is 10.6 Å². The number of rotatable bonds is 5. The third-order valence-corrected chi connectivity index (χ3v) is 6.26. The SMILES string of the molecule is N#CC(Cc1sc(-c2ccc3c(c2)NC(=O)C3)cc1F)NC(=O)C1CNCCCO1. The minimum atomic E-state index is -0.857. The van der Waals surface area contributed by atoms with Crippen LogP contribution in [0.3, 0.4) is 0 Å². The van der Waals surface area contributed by atoms with Gasteiger partial charge in [0.05, 0.1) is 12.5 Å². The van der Waals surface area contributed by atoms with Gasteiger partial charge in [-0.3, -0.25) is 9.59 Å².